The first-order valence-corrected chi connectivity index (χ1v) is 7.08. The molecule has 1 aliphatic carbocycles. The summed E-state index contributed by atoms with van der Waals surface area (Å²) in [6.07, 6.45) is 12.3. The zero-order chi connectivity index (χ0) is 12.2. The number of hydrogen-bond donors (Lipinski definition) is 1. The third-order valence-electron chi connectivity index (χ3n) is 3.22. The lowest BCUT2D eigenvalue weighted by Gasteiger charge is -1.96. The average Bonchev–Trinajstić information content (AvgIpc) is 2.70. The Bertz CT molecular complexity index is 236. The molecule has 0 radical (unpaired) electrons. The first-order valence-electron chi connectivity index (χ1n) is 7.08. The fourth-order valence-electron chi connectivity index (χ4n) is 2.17. The van der Waals surface area contributed by atoms with Crippen LogP contribution in [0.1, 0.15) is 56.9 Å². The van der Waals surface area contributed by atoms with Gasteiger partial charge in [0.25, 0.3) is 0 Å². The van der Waals surface area contributed by atoms with Crippen LogP contribution < -0.4 is 0 Å². The highest BCUT2D eigenvalue weighted by Crippen LogP contribution is 2.15. The van der Waals surface area contributed by atoms with Crippen LogP contribution >= 0.6 is 0 Å². The number of aryl methyl sites for hydroxylation is 1. The second-order valence-electron chi connectivity index (χ2n) is 4.79. The van der Waals surface area contributed by atoms with Crippen LogP contribution in [0.15, 0.2) is 30.3 Å². The van der Waals surface area contributed by atoms with Crippen molar-refractivity contribution in [2.45, 2.75) is 57.8 Å². The van der Waals surface area contributed by atoms with E-state index in [2.05, 4.69) is 12.1 Å². The molecule has 1 aliphatic rings. The van der Waals surface area contributed by atoms with Crippen molar-refractivity contribution in [1.29, 1.82) is 0 Å². The van der Waals surface area contributed by atoms with Crippen molar-refractivity contribution in [2.24, 2.45) is 0 Å². The summed E-state index contributed by atoms with van der Waals surface area (Å²) in [4.78, 5) is 0. The van der Waals surface area contributed by atoms with E-state index in [-0.39, 0.29) is 6.61 Å². The van der Waals surface area contributed by atoms with Gasteiger partial charge in [-0.1, -0.05) is 75.3 Å². The minimum Gasteiger partial charge on any atom is -0.396 e. The molecular weight excluding hydrogens is 208 g/mol. The highest BCUT2D eigenvalue weighted by Gasteiger charge is 1.95. The fourth-order valence-corrected chi connectivity index (χ4v) is 2.17. The summed E-state index contributed by atoms with van der Waals surface area (Å²) in [5.74, 6) is 0. The molecule has 17 heavy (non-hydrogen) atoms. The Balaban J connectivity index is 0.000000181. The largest absolute Gasteiger partial charge is 0.396 e. The molecule has 0 heterocycles. The van der Waals surface area contributed by atoms with Gasteiger partial charge in [-0.05, 0) is 18.4 Å². The molecule has 0 atom stereocenters. The molecule has 1 N–H and O–H groups in total. The van der Waals surface area contributed by atoms with Gasteiger partial charge in [0.15, 0.2) is 0 Å². The molecule has 1 nitrogen and oxygen atoms in total. The maximum atomic E-state index is 8.53. The van der Waals surface area contributed by atoms with Gasteiger partial charge in [0.2, 0.25) is 0 Å². The van der Waals surface area contributed by atoms with E-state index >= 15 is 0 Å². The maximum absolute atomic E-state index is 8.53. The number of hydrogen-bond acceptors (Lipinski definition) is 1. The molecule has 2 rings (SSSR count). The number of benzene rings is 1. The minimum absolute atomic E-state index is 0.287. The van der Waals surface area contributed by atoms with E-state index in [1.807, 2.05) is 18.2 Å². The van der Waals surface area contributed by atoms with Gasteiger partial charge in [0.1, 0.15) is 0 Å². The molecule has 0 aromatic heterocycles. The van der Waals surface area contributed by atoms with Crippen LogP contribution in [0.25, 0.3) is 0 Å². The Morgan fingerprint density at radius 1 is 0.765 bits per heavy atom. The molecular formula is C16H26O. The number of rotatable bonds is 3. The SMILES string of the molecule is C1CCCCCC1.OCCCc1ccccc1. The highest BCUT2D eigenvalue weighted by molar-refractivity contribution is 5.14. The smallest absolute Gasteiger partial charge is 0.0434 e. The second-order valence-corrected chi connectivity index (χ2v) is 4.79. The van der Waals surface area contributed by atoms with Gasteiger partial charge in [0, 0.05) is 6.61 Å². The quantitative estimate of drug-likeness (QED) is 0.771. The summed E-state index contributed by atoms with van der Waals surface area (Å²) in [5, 5.41) is 8.53. The third-order valence-corrected chi connectivity index (χ3v) is 3.22. The van der Waals surface area contributed by atoms with Gasteiger partial charge in [-0.2, -0.15) is 0 Å². The van der Waals surface area contributed by atoms with Crippen LogP contribution in [0, 0.1) is 0 Å². The van der Waals surface area contributed by atoms with E-state index < -0.39 is 0 Å². The Morgan fingerprint density at radius 2 is 1.24 bits per heavy atom. The number of aliphatic hydroxyl groups is 1. The van der Waals surface area contributed by atoms with Crippen LogP contribution in [0.2, 0.25) is 0 Å². The van der Waals surface area contributed by atoms with Crippen molar-refractivity contribution in [2.75, 3.05) is 6.61 Å². The van der Waals surface area contributed by atoms with E-state index in [9.17, 15) is 0 Å². The highest BCUT2D eigenvalue weighted by atomic mass is 16.2. The van der Waals surface area contributed by atoms with Gasteiger partial charge in [-0.25, -0.2) is 0 Å². The predicted molar refractivity (Wildman–Crippen MR) is 74.2 cm³/mol. The molecule has 0 aliphatic heterocycles. The summed E-state index contributed by atoms with van der Waals surface area (Å²) in [5.41, 5.74) is 1.30. The molecule has 1 saturated carbocycles. The van der Waals surface area contributed by atoms with Crippen molar-refractivity contribution in [3.8, 4) is 0 Å². The van der Waals surface area contributed by atoms with Crippen molar-refractivity contribution in [3.05, 3.63) is 35.9 Å². The lowest BCUT2D eigenvalue weighted by Crippen LogP contribution is -1.87. The first kappa shape index (κ1) is 14.2. The van der Waals surface area contributed by atoms with Crippen LogP contribution in [0.4, 0.5) is 0 Å². The van der Waals surface area contributed by atoms with Crippen molar-refractivity contribution in [3.63, 3.8) is 0 Å². The Hall–Kier alpha value is -0.820. The third kappa shape index (κ3) is 7.98. The summed E-state index contributed by atoms with van der Waals surface area (Å²) in [7, 11) is 0. The standard InChI is InChI=1S/C9H12O.C7H14/c10-8-4-7-9-5-2-1-3-6-9;1-2-4-6-7-5-3-1/h1-3,5-6,10H,4,7-8H2;1-7H2. The molecule has 0 bridgehead atoms. The summed E-state index contributed by atoms with van der Waals surface area (Å²) in [6, 6.07) is 10.2. The monoisotopic (exact) mass is 234 g/mol. The Morgan fingerprint density at radius 3 is 1.65 bits per heavy atom. The first-order chi connectivity index (χ1) is 8.43. The molecule has 1 fully saturated rings. The second kappa shape index (κ2) is 10.3. The molecule has 96 valence electrons. The van der Waals surface area contributed by atoms with Crippen molar-refractivity contribution >= 4 is 0 Å². The van der Waals surface area contributed by atoms with E-state index in [0.717, 1.165) is 12.8 Å². The van der Waals surface area contributed by atoms with Gasteiger partial charge in [-0.15, -0.1) is 0 Å². The molecule has 1 aromatic carbocycles. The summed E-state index contributed by atoms with van der Waals surface area (Å²) >= 11 is 0. The topological polar surface area (TPSA) is 20.2 Å². The zero-order valence-corrected chi connectivity index (χ0v) is 10.9. The van der Waals surface area contributed by atoms with Gasteiger partial charge < -0.3 is 5.11 Å². The van der Waals surface area contributed by atoms with Crippen LogP contribution in [0.5, 0.6) is 0 Å². The molecule has 1 heteroatoms. The number of aliphatic hydroxyl groups excluding tert-OH is 1. The summed E-state index contributed by atoms with van der Waals surface area (Å²) < 4.78 is 0. The molecule has 0 saturated heterocycles. The normalized spacial score (nSPS) is 15.6. The fraction of sp³-hybridized carbons (Fsp3) is 0.625. The lowest BCUT2D eigenvalue weighted by atomic mass is 10.1. The van der Waals surface area contributed by atoms with E-state index in [0.29, 0.717) is 0 Å². The molecule has 0 spiro atoms. The maximum Gasteiger partial charge on any atom is 0.0434 e. The van der Waals surface area contributed by atoms with E-state index in [4.69, 9.17) is 5.11 Å². The van der Waals surface area contributed by atoms with Gasteiger partial charge >= 0.3 is 0 Å². The van der Waals surface area contributed by atoms with Crippen LogP contribution in [0.3, 0.4) is 0 Å². The molecule has 1 aromatic rings. The Labute approximate surface area is 106 Å². The van der Waals surface area contributed by atoms with Gasteiger partial charge in [0.05, 0.1) is 0 Å². The van der Waals surface area contributed by atoms with E-state index in [1.54, 1.807) is 0 Å². The lowest BCUT2D eigenvalue weighted by molar-refractivity contribution is 0.288. The average molecular weight is 234 g/mol. The van der Waals surface area contributed by atoms with Gasteiger partial charge in [-0.3, -0.25) is 0 Å². The van der Waals surface area contributed by atoms with Crippen LogP contribution in [-0.2, 0) is 6.42 Å². The summed E-state index contributed by atoms with van der Waals surface area (Å²) in [6.45, 7) is 0.287. The minimum atomic E-state index is 0.287. The Kier molecular flexibility index (Phi) is 8.66. The van der Waals surface area contributed by atoms with Crippen LogP contribution in [-0.4, -0.2) is 11.7 Å². The zero-order valence-electron chi connectivity index (χ0n) is 10.9. The molecule has 0 amide bonds. The van der Waals surface area contributed by atoms with E-state index in [1.165, 1.54) is 50.5 Å². The predicted octanol–water partition coefficient (Wildman–Crippen LogP) is 4.34. The van der Waals surface area contributed by atoms with Crippen molar-refractivity contribution in [1.82, 2.24) is 0 Å². The van der Waals surface area contributed by atoms with Crippen molar-refractivity contribution < 1.29 is 5.11 Å². The molecule has 0 unspecified atom stereocenters.